The monoisotopic (exact) mass is 292 g/mol. The number of rotatable bonds is 3. The Balaban J connectivity index is 1.67. The molecular weight excluding hydrogens is 280 g/mol. The summed E-state index contributed by atoms with van der Waals surface area (Å²) in [5.74, 6) is 0.416. The summed E-state index contributed by atoms with van der Waals surface area (Å²) < 4.78 is 5.37. The maximum absolute atomic E-state index is 11.8. The zero-order valence-electron chi connectivity index (χ0n) is 10.6. The normalized spacial score (nSPS) is 15.2. The van der Waals surface area contributed by atoms with Crippen molar-refractivity contribution in [2.75, 3.05) is 13.1 Å². The number of halogens is 1. The Morgan fingerprint density at radius 2 is 2.10 bits per heavy atom. The van der Waals surface area contributed by atoms with E-state index in [2.05, 4.69) is 4.98 Å². The van der Waals surface area contributed by atoms with Gasteiger partial charge < -0.3 is 14.4 Å². The molecule has 1 aromatic heterocycles. The molecule has 20 heavy (non-hydrogen) atoms. The number of hydrogen-bond donors (Lipinski definition) is 1. The molecule has 0 atom stereocenters. The van der Waals surface area contributed by atoms with Crippen LogP contribution in [-0.2, 0) is 11.2 Å². The number of carbonyl (C=O) groups is 1. The summed E-state index contributed by atoms with van der Waals surface area (Å²) in [5, 5.41) is 9.82. The number of β-amino-alcohol motifs (C(OH)–C–C–N with tert-alkyl or cyclic N) is 1. The third-order valence-electron chi connectivity index (χ3n) is 3.19. The van der Waals surface area contributed by atoms with Crippen LogP contribution in [0.4, 0.5) is 0 Å². The number of hydrogen-bond acceptors (Lipinski definition) is 4. The fraction of sp³-hybridized carbons (Fsp3) is 0.286. The van der Waals surface area contributed by atoms with Gasteiger partial charge in [0.15, 0.2) is 0 Å². The molecule has 1 fully saturated rings. The number of aliphatic hydroxyl groups is 1. The Labute approximate surface area is 120 Å². The van der Waals surface area contributed by atoms with Gasteiger partial charge in [-0.3, -0.25) is 4.79 Å². The molecule has 0 radical (unpaired) electrons. The SMILES string of the molecule is O=C(Cc1coc(-c2ccc(Cl)cc2)n1)N1CC(O)C1. The van der Waals surface area contributed by atoms with Gasteiger partial charge in [-0.2, -0.15) is 0 Å². The molecule has 0 spiro atoms. The van der Waals surface area contributed by atoms with Crippen molar-refractivity contribution in [2.45, 2.75) is 12.5 Å². The van der Waals surface area contributed by atoms with E-state index in [4.69, 9.17) is 21.1 Å². The largest absolute Gasteiger partial charge is 0.444 e. The predicted molar refractivity (Wildman–Crippen MR) is 73.2 cm³/mol. The summed E-state index contributed by atoms with van der Waals surface area (Å²) in [5.41, 5.74) is 1.40. The molecule has 0 unspecified atom stereocenters. The molecule has 104 valence electrons. The van der Waals surface area contributed by atoms with Crippen molar-refractivity contribution in [1.82, 2.24) is 9.88 Å². The summed E-state index contributed by atoms with van der Waals surface area (Å²) in [7, 11) is 0. The smallest absolute Gasteiger partial charge is 0.228 e. The van der Waals surface area contributed by atoms with Gasteiger partial charge in [-0.1, -0.05) is 11.6 Å². The highest BCUT2D eigenvalue weighted by molar-refractivity contribution is 6.30. The zero-order chi connectivity index (χ0) is 14.1. The molecule has 0 aliphatic carbocycles. The van der Waals surface area contributed by atoms with Crippen LogP contribution in [-0.4, -0.2) is 40.1 Å². The molecule has 1 aliphatic heterocycles. The highest BCUT2D eigenvalue weighted by Gasteiger charge is 2.29. The van der Waals surface area contributed by atoms with E-state index in [9.17, 15) is 4.79 Å². The Kier molecular flexibility index (Phi) is 3.46. The summed E-state index contributed by atoms with van der Waals surface area (Å²) in [6.07, 6.45) is 1.28. The first-order valence-electron chi connectivity index (χ1n) is 6.28. The Bertz CT molecular complexity index is 618. The molecule has 1 N–H and O–H groups in total. The maximum atomic E-state index is 11.8. The van der Waals surface area contributed by atoms with Crippen molar-refractivity contribution in [3.05, 3.63) is 41.2 Å². The second kappa shape index (κ2) is 5.26. The van der Waals surface area contributed by atoms with Crippen LogP contribution in [0.2, 0.25) is 5.02 Å². The van der Waals surface area contributed by atoms with Crippen LogP contribution in [0.25, 0.3) is 11.5 Å². The number of carbonyl (C=O) groups excluding carboxylic acids is 1. The number of aliphatic hydroxyl groups excluding tert-OH is 1. The molecular formula is C14H13ClN2O3. The number of aromatic nitrogens is 1. The van der Waals surface area contributed by atoms with E-state index >= 15 is 0 Å². The maximum Gasteiger partial charge on any atom is 0.228 e. The summed E-state index contributed by atoms with van der Waals surface area (Å²) in [6.45, 7) is 0.807. The predicted octanol–water partition coefficient (Wildman–Crippen LogP) is 1.74. The number of nitrogens with zero attached hydrogens (tertiary/aromatic N) is 2. The van der Waals surface area contributed by atoms with Crippen LogP contribution < -0.4 is 0 Å². The second-order valence-corrected chi connectivity index (χ2v) is 5.22. The first-order chi connectivity index (χ1) is 9.61. The number of likely N-dealkylation sites (tertiary alicyclic amines) is 1. The van der Waals surface area contributed by atoms with Crippen LogP contribution in [0.1, 0.15) is 5.69 Å². The quantitative estimate of drug-likeness (QED) is 0.936. The summed E-state index contributed by atoms with van der Waals surface area (Å²) >= 11 is 5.82. The Morgan fingerprint density at radius 3 is 2.75 bits per heavy atom. The highest BCUT2D eigenvalue weighted by atomic mass is 35.5. The van der Waals surface area contributed by atoms with Crippen LogP contribution in [0.3, 0.4) is 0 Å². The molecule has 1 amide bonds. The molecule has 1 aromatic carbocycles. The molecule has 6 heteroatoms. The number of oxazole rings is 1. The number of benzene rings is 1. The van der Waals surface area contributed by atoms with Gasteiger partial charge >= 0.3 is 0 Å². The first kappa shape index (κ1) is 13.1. The van der Waals surface area contributed by atoms with Crippen molar-refractivity contribution in [3.8, 4) is 11.5 Å². The van der Waals surface area contributed by atoms with Gasteiger partial charge in [0, 0.05) is 23.7 Å². The van der Waals surface area contributed by atoms with E-state index in [1.54, 1.807) is 17.0 Å². The van der Waals surface area contributed by atoms with Gasteiger partial charge in [-0.05, 0) is 24.3 Å². The average molecular weight is 293 g/mol. The van der Waals surface area contributed by atoms with Gasteiger partial charge in [0.25, 0.3) is 0 Å². The minimum absolute atomic E-state index is 0.0498. The minimum Gasteiger partial charge on any atom is -0.444 e. The van der Waals surface area contributed by atoms with Crippen molar-refractivity contribution in [2.24, 2.45) is 0 Å². The molecule has 2 aromatic rings. The van der Waals surface area contributed by atoms with E-state index in [1.165, 1.54) is 6.26 Å². The molecule has 3 rings (SSSR count). The zero-order valence-corrected chi connectivity index (χ0v) is 11.4. The van der Waals surface area contributed by atoms with Crippen LogP contribution in [0.5, 0.6) is 0 Å². The Hall–Kier alpha value is -1.85. The van der Waals surface area contributed by atoms with E-state index in [0.717, 1.165) is 5.56 Å². The van der Waals surface area contributed by atoms with E-state index < -0.39 is 0 Å². The van der Waals surface area contributed by atoms with E-state index in [0.29, 0.717) is 29.7 Å². The lowest BCUT2D eigenvalue weighted by Gasteiger charge is -2.35. The van der Waals surface area contributed by atoms with Gasteiger partial charge in [-0.25, -0.2) is 4.98 Å². The van der Waals surface area contributed by atoms with Crippen molar-refractivity contribution >= 4 is 17.5 Å². The third-order valence-corrected chi connectivity index (χ3v) is 3.44. The highest BCUT2D eigenvalue weighted by Crippen LogP contribution is 2.21. The minimum atomic E-state index is -0.388. The summed E-state index contributed by atoms with van der Waals surface area (Å²) in [6, 6.07) is 7.14. The molecule has 1 saturated heterocycles. The van der Waals surface area contributed by atoms with Crippen molar-refractivity contribution < 1.29 is 14.3 Å². The topological polar surface area (TPSA) is 66.6 Å². The van der Waals surface area contributed by atoms with Crippen molar-refractivity contribution in [1.29, 1.82) is 0 Å². The molecule has 2 heterocycles. The van der Waals surface area contributed by atoms with Crippen LogP contribution in [0.15, 0.2) is 34.9 Å². The first-order valence-corrected chi connectivity index (χ1v) is 6.66. The second-order valence-electron chi connectivity index (χ2n) is 4.78. The molecule has 1 aliphatic rings. The summed E-state index contributed by atoms with van der Waals surface area (Å²) in [4.78, 5) is 17.7. The lowest BCUT2D eigenvalue weighted by molar-refractivity contribution is -0.140. The molecule has 0 bridgehead atoms. The third kappa shape index (κ3) is 2.69. The fourth-order valence-corrected chi connectivity index (χ4v) is 2.16. The van der Waals surface area contributed by atoms with Gasteiger partial charge in [-0.15, -0.1) is 0 Å². The molecule has 5 nitrogen and oxygen atoms in total. The van der Waals surface area contributed by atoms with Gasteiger partial charge in [0.1, 0.15) is 6.26 Å². The standard InChI is InChI=1S/C14H13ClN2O3/c15-10-3-1-9(2-4-10)14-16-11(8-20-14)5-13(19)17-6-12(18)7-17/h1-4,8,12,18H,5-7H2. The average Bonchev–Trinajstić information content (AvgIpc) is 2.84. The van der Waals surface area contributed by atoms with Gasteiger partial charge in [0.2, 0.25) is 11.8 Å². The molecule has 0 saturated carbocycles. The number of amides is 1. The Morgan fingerprint density at radius 1 is 1.40 bits per heavy atom. The lowest BCUT2D eigenvalue weighted by atomic mass is 10.1. The van der Waals surface area contributed by atoms with Gasteiger partial charge in [0.05, 0.1) is 18.2 Å². The van der Waals surface area contributed by atoms with E-state index in [1.807, 2.05) is 12.1 Å². The van der Waals surface area contributed by atoms with Crippen LogP contribution in [0, 0.1) is 0 Å². The fourth-order valence-electron chi connectivity index (χ4n) is 2.04. The van der Waals surface area contributed by atoms with Crippen molar-refractivity contribution in [3.63, 3.8) is 0 Å². The lowest BCUT2D eigenvalue weighted by Crippen LogP contribution is -2.53. The van der Waals surface area contributed by atoms with E-state index in [-0.39, 0.29) is 18.4 Å². The van der Waals surface area contributed by atoms with Crippen LogP contribution >= 0.6 is 11.6 Å².